The number of ether oxygens (including phenoxy) is 1. The number of esters is 1. The summed E-state index contributed by atoms with van der Waals surface area (Å²) in [4.78, 5) is 17.4. The highest BCUT2D eigenvalue weighted by molar-refractivity contribution is 7.89. The fraction of sp³-hybridized carbons (Fsp3) is 0.333. The summed E-state index contributed by atoms with van der Waals surface area (Å²) < 4.78 is 35.3. The molecule has 0 aliphatic heterocycles. The monoisotopic (exact) mass is 554 g/mol. The molecular weight excluding hydrogens is 520 g/mol. The molecule has 0 spiro atoms. The van der Waals surface area contributed by atoms with Crippen molar-refractivity contribution in [2.45, 2.75) is 62.4 Å². The molecule has 0 aliphatic rings. The van der Waals surface area contributed by atoms with Crippen molar-refractivity contribution in [2.75, 3.05) is 6.61 Å². The van der Waals surface area contributed by atoms with E-state index in [2.05, 4.69) is 4.72 Å². The summed E-state index contributed by atoms with van der Waals surface area (Å²) in [6.07, 6.45) is 0.785. The van der Waals surface area contributed by atoms with Crippen LogP contribution in [0.2, 0.25) is 0 Å². The Morgan fingerprint density at radius 3 is 1.84 bits per heavy atom. The number of aliphatic imine (C=N–C) groups is 1. The third-order valence-electron chi connectivity index (χ3n) is 6.55. The molecule has 1 N–H and O–H groups in total. The number of alkyl halides is 1. The van der Waals surface area contributed by atoms with Crippen molar-refractivity contribution in [1.29, 1.82) is 0 Å². The summed E-state index contributed by atoms with van der Waals surface area (Å²) >= 11 is 7.10. The maximum absolute atomic E-state index is 13.6. The van der Waals surface area contributed by atoms with Gasteiger partial charge < -0.3 is 4.74 Å². The van der Waals surface area contributed by atoms with Gasteiger partial charge >= 0.3 is 5.97 Å². The van der Waals surface area contributed by atoms with E-state index in [9.17, 15) is 13.2 Å². The minimum atomic E-state index is -4.05. The molecule has 0 saturated heterocycles. The van der Waals surface area contributed by atoms with Crippen LogP contribution in [0.1, 0.15) is 50.3 Å². The lowest BCUT2D eigenvalue weighted by molar-refractivity contribution is -0.145. The van der Waals surface area contributed by atoms with Crippen molar-refractivity contribution >= 4 is 33.3 Å². The third kappa shape index (κ3) is 7.10. The second-order valence-corrected chi connectivity index (χ2v) is 11.5. The van der Waals surface area contributed by atoms with Crippen LogP contribution < -0.4 is 4.72 Å². The second-order valence-electron chi connectivity index (χ2n) is 9.06. The Balaban J connectivity index is 2.24. The average Bonchev–Trinajstić information content (AvgIpc) is 2.93. The topological polar surface area (TPSA) is 84.8 Å². The Labute approximate surface area is 231 Å². The number of nitrogens with one attached hydrogen (secondary N) is 1. The minimum absolute atomic E-state index is 0.0808. The van der Waals surface area contributed by atoms with E-state index in [1.807, 2.05) is 81.4 Å². The van der Waals surface area contributed by atoms with Gasteiger partial charge in [-0.1, -0.05) is 92.2 Å². The summed E-state index contributed by atoms with van der Waals surface area (Å²) in [5.74, 6) is -0.652. The number of benzene rings is 3. The quantitative estimate of drug-likeness (QED) is 0.171. The first kappa shape index (κ1) is 29.6. The van der Waals surface area contributed by atoms with Crippen LogP contribution in [-0.2, 0) is 19.6 Å². The van der Waals surface area contributed by atoms with Crippen molar-refractivity contribution in [3.63, 3.8) is 0 Å². The number of nitrogens with zero attached hydrogens (tertiary/aromatic N) is 1. The molecule has 0 radical (unpaired) electrons. The summed E-state index contributed by atoms with van der Waals surface area (Å²) in [6.45, 7) is 7.43. The molecule has 0 fully saturated rings. The van der Waals surface area contributed by atoms with Gasteiger partial charge in [0.15, 0.2) is 6.04 Å². The van der Waals surface area contributed by atoms with E-state index in [0.29, 0.717) is 18.6 Å². The van der Waals surface area contributed by atoms with E-state index in [4.69, 9.17) is 21.3 Å². The summed E-state index contributed by atoms with van der Waals surface area (Å²) in [5.41, 5.74) is 3.02. The largest absolute Gasteiger partial charge is 0.464 e. The lowest BCUT2D eigenvalue weighted by atomic mass is 9.88. The molecule has 38 heavy (non-hydrogen) atoms. The fourth-order valence-corrected chi connectivity index (χ4v) is 5.79. The van der Waals surface area contributed by atoms with Crippen molar-refractivity contribution in [2.24, 2.45) is 4.99 Å². The van der Waals surface area contributed by atoms with Crippen molar-refractivity contribution in [3.8, 4) is 0 Å². The third-order valence-corrected chi connectivity index (χ3v) is 8.78. The number of hydrogen-bond donors (Lipinski definition) is 1. The van der Waals surface area contributed by atoms with Gasteiger partial charge in [0.2, 0.25) is 10.0 Å². The van der Waals surface area contributed by atoms with Crippen LogP contribution in [0, 0.1) is 6.92 Å². The Morgan fingerprint density at radius 2 is 1.39 bits per heavy atom. The van der Waals surface area contributed by atoms with Crippen molar-refractivity contribution < 1.29 is 17.9 Å². The van der Waals surface area contributed by atoms with Crippen LogP contribution in [0.4, 0.5) is 0 Å². The van der Waals surface area contributed by atoms with E-state index in [-0.39, 0.29) is 11.5 Å². The van der Waals surface area contributed by atoms with Gasteiger partial charge in [0, 0.05) is 11.1 Å². The molecule has 0 bridgehead atoms. The second kappa shape index (κ2) is 13.2. The highest BCUT2D eigenvalue weighted by Crippen LogP contribution is 2.33. The molecular formula is C30H35ClN2O4S. The van der Waals surface area contributed by atoms with Crippen LogP contribution in [0.25, 0.3) is 0 Å². The van der Waals surface area contributed by atoms with Crippen LogP contribution in [0.3, 0.4) is 0 Å². The molecule has 3 rings (SSSR count). The number of rotatable bonds is 12. The van der Waals surface area contributed by atoms with Gasteiger partial charge in [0.1, 0.15) is 0 Å². The molecule has 6 nitrogen and oxygen atoms in total. The number of sulfonamides is 1. The Hall–Kier alpha value is -3.00. The number of carbonyl (C=O) groups excluding carboxylic acids is 1. The summed E-state index contributed by atoms with van der Waals surface area (Å²) in [6, 6.07) is 23.1. The zero-order valence-electron chi connectivity index (χ0n) is 22.2. The maximum atomic E-state index is 13.6. The van der Waals surface area contributed by atoms with Crippen LogP contribution in [-0.4, -0.2) is 43.7 Å². The lowest BCUT2D eigenvalue weighted by Crippen LogP contribution is -2.57. The molecule has 0 saturated carbocycles. The summed E-state index contributed by atoms with van der Waals surface area (Å²) in [7, 11) is -4.05. The standard InChI is InChI=1S/C30H35ClN2O4S/c1-5-30(31,6-2)28(33-38(35,36)25-20-18-22(4)19-21-25)27(29(34)37-7-3)32-26(23-14-10-8-11-15-23)24-16-12-9-13-17-24/h8-21,27-28,33H,5-7H2,1-4H3/t27-,28+/m1/s1. The molecule has 0 amide bonds. The molecule has 0 unspecified atom stereocenters. The number of aryl methyl sites for hydroxylation is 1. The SMILES string of the molecule is CCOC(=O)[C@H](N=C(c1ccccc1)c1ccccc1)[C@H](NS(=O)(=O)c1ccc(C)cc1)C(Cl)(CC)CC. The molecule has 0 aliphatic carbocycles. The molecule has 3 aromatic rings. The molecule has 202 valence electrons. The molecule has 0 heterocycles. The average molecular weight is 555 g/mol. The first-order valence-electron chi connectivity index (χ1n) is 12.8. The lowest BCUT2D eigenvalue weighted by Gasteiger charge is -2.37. The number of carbonyl (C=O) groups is 1. The van der Waals surface area contributed by atoms with Crippen LogP contribution in [0.15, 0.2) is 94.8 Å². The van der Waals surface area contributed by atoms with Crippen molar-refractivity contribution in [1.82, 2.24) is 4.72 Å². The van der Waals surface area contributed by atoms with E-state index >= 15 is 0 Å². The predicted molar refractivity (Wildman–Crippen MR) is 153 cm³/mol. The highest BCUT2D eigenvalue weighted by atomic mass is 35.5. The maximum Gasteiger partial charge on any atom is 0.332 e. The predicted octanol–water partition coefficient (Wildman–Crippen LogP) is 5.91. The Kier molecular flexibility index (Phi) is 10.3. The van der Waals surface area contributed by atoms with E-state index in [1.54, 1.807) is 19.1 Å². The van der Waals surface area contributed by atoms with E-state index < -0.39 is 33.0 Å². The number of hydrogen-bond acceptors (Lipinski definition) is 5. The normalized spacial score (nSPS) is 13.4. The Morgan fingerprint density at radius 1 is 0.895 bits per heavy atom. The van der Waals surface area contributed by atoms with Gasteiger partial charge in [-0.05, 0) is 38.8 Å². The van der Waals surface area contributed by atoms with Gasteiger partial charge in [0.05, 0.1) is 28.1 Å². The first-order valence-corrected chi connectivity index (χ1v) is 14.6. The Bertz CT molecular complexity index is 1280. The minimum Gasteiger partial charge on any atom is -0.464 e. The highest BCUT2D eigenvalue weighted by Gasteiger charge is 2.45. The van der Waals surface area contributed by atoms with Crippen molar-refractivity contribution in [3.05, 3.63) is 102 Å². The van der Waals surface area contributed by atoms with Gasteiger partial charge in [-0.25, -0.2) is 17.9 Å². The van der Waals surface area contributed by atoms with E-state index in [1.165, 1.54) is 12.1 Å². The van der Waals surface area contributed by atoms with Crippen LogP contribution in [0.5, 0.6) is 0 Å². The summed E-state index contributed by atoms with van der Waals surface area (Å²) in [5, 5.41) is 0. The van der Waals surface area contributed by atoms with Gasteiger partial charge in [-0.15, -0.1) is 11.6 Å². The zero-order chi connectivity index (χ0) is 27.8. The molecule has 2 atom stereocenters. The van der Waals surface area contributed by atoms with Gasteiger partial charge in [-0.2, -0.15) is 0 Å². The molecule has 3 aromatic carbocycles. The van der Waals surface area contributed by atoms with Gasteiger partial charge in [0.25, 0.3) is 0 Å². The fourth-order valence-electron chi connectivity index (χ4n) is 4.23. The zero-order valence-corrected chi connectivity index (χ0v) is 23.8. The molecule has 0 aromatic heterocycles. The van der Waals surface area contributed by atoms with E-state index in [0.717, 1.165) is 16.7 Å². The smallest absolute Gasteiger partial charge is 0.332 e. The number of halogens is 1. The van der Waals surface area contributed by atoms with Gasteiger partial charge in [-0.3, -0.25) is 4.99 Å². The molecule has 8 heteroatoms. The van der Waals surface area contributed by atoms with Crippen LogP contribution >= 0.6 is 11.6 Å². The first-order chi connectivity index (χ1) is 18.1.